The maximum absolute atomic E-state index is 11.7. The van der Waals surface area contributed by atoms with Gasteiger partial charge in [-0.2, -0.15) is 5.26 Å². The standard InChI is InChI=1S/C12H10N2O/c1-7-3-8(2)12-10(4-7)11(15)5-9(6-13)14-12/h3-5H,1-2H3,(H,14,15). The van der Waals surface area contributed by atoms with Crippen LogP contribution >= 0.6 is 0 Å². The largest absolute Gasteiger partial charge is 0.346 e. The lowest BCUT2D eigenvalue weighted by Gasteiger charge is -2.03. The minimum Gasteiger partial charge on any atom is -0.346 e. The average molecular weight is 198 g/mol. The number of hydrogen-bond donors (Lipinski definition) is 1. The van der Waals surface area contributed by atoms with E-state index in [2.05, 4.69) is 4.98 Å². The van der Waals surface area contributed by atoms with Gasteiger partial charge in [-0.05, 0) is 31.0 Å². The van der Waals surface area contributed by atoms with Crippen molar-refractivity contribution in [3.63, 3.8) is 0 Å². The smallest absolute Gasteiger partial charge is 0.190 e. The van der Waals surface area contributed by atoms with Crippen LogP contribution in [0.4, 0.5) is 0 Å². The first-order valence-electron chi connectivity index (χ1n) is 4.66. The summed E-state index contributed by atoms with van der Waals surface area (Å²) in [5.74, 6) is 0. The van der Waals surface area contributed by atoms with Gasteiger partial charge in [-0.3, -0.25) is 4.79 Å². The van der Waals surface area contributed by atoms with Crippen molar-refractivity contribution >= 4 is 10.9 Å². The highest BCUT2D eigenvalue weighted by Crippen LogP contribution is 2.15. The number of fused-ring (bicyclic) bond motifs is 1. The second-order valence-corrected chi connectivity index (χ2v) is 3.66. The normalized spacial score (nSPS) is 10.2. The van der Waals surface area contributed by atoms with Crippen molar-refractivity contribution in [1.29, 1.82) is 5.26 Å². The Bertz CT molecular complexity index is 632. The molecule has 0 radical (unpaired) electrons. The van der Waals surface area contributed by atoms with Gasteiger partial charge in [-0.15, -0.1) is 0 Å². The SMILES string of the molecule is Cc1cc(C)c2[nH]c(C#N)cc(=O)c2c1. The van der Waals surface area contributed by atoms with Gasteiger partial charge in [0.15, 0.2) is 5.43 Å². The first kappa shape index (κ1) is 9.47. The van der Waals surface area contributed by atoms with Gasteiger partial charge in [-0.1, -0.05) is 6.07 Å². The monoisotopic (exact) mass is 198 g/mol. The number of nitrogens with one attached hydrogen (secondary N) is 1. The van der Waals surface area contributed by atoms with Crippen LogP contribution in [0.15, 0.2) is 23.0 Å². The molecule has 2 aromatic rings. The van der Waals surface area contributed by atoms with Crippen molar-refractivity contribution in [3.05, 3.63) is 45.2 Å². The highest BCUT2D eigenvalue weighted by atomic mass is 16.1. The van der Waals surface area contributed by atoms with Gasteiger partial charge in [0.25, 0.3) is 0 Å². The Balaban J connectivity index is 3.00. The molecule has 0 spiro atoms. The molecule has 0 saturated carbocycles. The molecule has 0 fully saturated rings. The molecule has 0 aliphatic heterocycles. The molecule has 15 heavy (non-hydrogen) atoms. The predicted octanol–water partition coefficient (Wildman–Crippen LogP) is 2.02. The molecule has 0 amide bonds. The quantitative estimate of drug-likeness (QED) is 0.704. The lowest BCUT2D eigenvalue weighted by Crippen LogP contribution is -2.04. The maximum Gasteiger partial charge on any atom is 0.190 e. The molecular weight excluding hydrogens is 188 g/mol. The van der Waals surface area contributed by atoms with Gasteiger partial charge < -0.3 is 4.98 Å². The van der Waals surface area contributed by atoms with Gasteiger partial charge >= 0.3 is 0 Å². The van der Waals surface area contributed by atoms with Crippen LogP contribution in [0, 0.1) is 25.2 Å². The highest BCUT2D eigenvalue weighted by molar-refractivity contribution is 5.82. The number of nitrogens with zero attached hydrogens (tertiary/aromatic N) is 1. The number of H-pyrrole nitrogens is 1. The van der Waals surface area contributed by atoms with Crippen LogP contribution in [0.2, 0.25) is 0 Å². The van der Waals surface area contributed by atoms with Gasteiger partial charge in [0.05, 0.1) is 5.52 Å². The molecule has 3 heteroatoms. The lowest BCUT2D eigenvalue weighted by atomic mass is 10.1. The van der Waals surface area contributed by atoms with Crippen LogP contribution in [0.1, 0.15) is 16.8 Å². The van der Waals surface area contributed by atoms with Gasteiger partial charge in [0.1, 0.15) is 11.8 Å². The number of benzene rings is 1. The highest BCUT2D eigenvalue weighted by Gasteiger charge is 2.04. The molecule has 0 saturated heterocycles. The van der Waals surface area contributed by atoms with E-state index >= 15 is 0 Å². The molecular formula is C12H10N2O. The second-order valence-electron chi connectivity index (χ2n) is 3.66. The number of rotatable bonds is 0. The number of pyridine rings is 1. The summed E-state index contributed by atoms with van der Waals surface area (Å²) in [6.07, 6.45) is 0. The van der Waals surface area contributed by atoms with Crippen LogP contribution < -0.4 is 5.43 Å². The van der Waals surface area contributed by atoms with E-state index < -0.39 is 0 Å². The van der Waals surface area contributed by atoms with Crippen LogP contribution in [-0.2, 0) is 0 Å². The molecule has 74 valence electrons. The van der Waals surface area contributed by atoms with E-state index in [-0.39, 0.29) is 5.43 Å². The fourth-order valence-electron chi connectivity index (χ4n) is 1.77. The summed E-state index contributed by atoms with van der Waals surface area (Å²) in [6.45, 7) is 3.87. The third kappa shape index (κ3) is 1.50. The summed E-state index contributed by atoms with van der Waals surface area (Å²) in [7, 11) is 0. The zero-order chi connectivity index (χ0) is 11.0. The van der Waals surface area contributed by atoms with E-state index in [9.17, 15) is 4.79 Å². The molecule has 2 rings (SSSR count). The Kier molecular flexibility index (Phi) is 2.05. The third-order valence-corrected chi connectivity index (χ3v) is 2.40. The summed E-state index contributed by atoms with van der Waals surface area (Å²) in [6, 6.07) is 7.10. The van der Waals surface area contributed by atoms with Crippen LogP contribution in [0.5, 0.6) is 0 Å². The zero-order valence-electron chi connectivity index (χ0n) is 8.59. The number of aromatic amines is 1. The first-order chi connectivity index (χ1) is 7.11. The fraction of sp³-hybridized carbons (Fsp3) is 0.167. The van der Waals surface area contributed by atoms with Crippen molar-refractivity contribution in [2.45, 2.75) is 13.8 Å². The molecule has 1 N–H and O–H groups in total. The lowest BCUT2D eigenvalue weighted by molar-refractivity contribution is 1.28. The Morgan fingerprint density at radius 3 is 2.67 bits per heavy atom. The van der Waals surface area contributed by atoms with E-state index in [1.807, 2.05) is 32.0 Å². The fourth-order valence-corrected chi connectivity index (χ4v) is 1.77. The molecule has 1 aromatic carbocycles. The third-order valence-electron chi connectivity index (χ3n) is 2.40. The zero-order valence-corrected chi connectivity index (χ0v) is 8.59. The Labute approximate surface area is 87.0 Å². The van der Waals surface area contributed by atoms with Crippen molar-refractivity contribution < 1.29 is 0 Å². The minimum absolute atomic E-state index is 0.105. The summed E-state index contributed by atoms with van der Waals surface area (Å²) < 4.78 is 0. The summed E-state index contributed by atoms with van der Waals surface area (Å²) >= 11 is 0. The molecule has 0 unspecified atom stereocenters. The second kappa shape index (κ2) is 3.25. The van der Waals surface area contributed by atoms with Crippen LogP contribution in [-0.4, -0.2) is 4.98 Å². The first-order valence-corrected chi connectivity index (χ1v) is 4.66. The van der Waals surface area contributed by atoms with Crippen molar-refractivity contribution in [3.8, 4) is 6.07 Å². The molecule has 3 nitrogen and oxygen atoms in total. The molecule has 0 bridgehead atoms. The number of nitriles is 1. The average Bonchev–Trinajstić information content (AvgIpc) is 2.19. The minimum atomic E-state index is -0.105. The van der Waals surface area contributed by atoms with E-state index in [4.69, 9.17) is 5.26 Å². The molecule has 0 aliphatic carbocycles. The summed E-state index contributed by atoms with van der Waals surface area (Å²) in [4.78, 5) is 14.6. The van der Waals surface area contributed by atoms with Gasteiger partial charge in [-0.25, -0.2) is 0 Å². The van der Waals surface area contributed by atoms with E-state index in [1.165, 1.54) is 6.07 Å². The molecule has 1 aromatic heterocycles. The van der Waals surface area contributed by atoms with Crippen molar-refractivity contribution in [2.24, 2.45) is 0 Å². The predicted molar refractivity (Wildman–Crippen MR) is 58.8 cm³/mol. The summed E-state index contributed by atoms with van der Waals surface area (Å²) in [5.41, 5.74) is 2.99. The van der Waals surface area contributed by atoms with E-state index in [1.54, 1.807) is 0 Å². The number of aromatic nitrogens is 1. The Morgan fingerprint density at radius 1 is 1.27 bits per heavy atom. The number of hydrogen-bond acceptors (Lipinski definition) is 2. The topological polar surface area (TPSA) is 56.6 Å². The van der Waals surface area contributed by atoms with Crippen LogP contribution in [0.25, 0.3) is 10.9 Å². The van der Waals surface area contributed by atoms with Gasteiger partial charge in [0.2, 0.25) is 0 Å². The van der Waals surface area contributed by atoms with Gasteiger partial charge in [0, 0.05) is 11.5 Å². The Hall–Kier alpha value is -2.08. The summed E-state index contributed by atoms with van der Waals surface area (Å²) in [5, 5.41) is 9.39. The van der Waals surface area contributed by atoms with Crippen molar-refractivity contribution in [1.82, 2.24) is 4.98 Å². The van der Waals surface area contributed by atoms with E-state index in [0.29, 0.717) is 11.1 Å². The molecule has 1 heterocycles. The van der Waals surface area contributed by atoms with E-state index in [0.717, 1.165) is 16.6 Å². The maximum atomic E-state index is 11.7. The van der Waals surface area contributed by atoms with Crippen molar-refractivity contribution in [2.75, 3.05) is 0 Å². The Morgan fingerprint density at radius 2 is 2.00 bits per heavy atom. The molecule has 0 aliphatic rings. The molecule has 0 atom stereocenters. The van der Waals surface area contributed by atoms with Crippen LogP contribution in [0.3, 0.4) is 0 Å². The number of aryl methyl sites for hydroxylation is 2.